The molecule has 0 radical (unpaired) electrons. The molecule has 2 heterocycles. The fourth-order valence-electron chi connectivity index (χ4n) is 4.50. The third-order valence-corrected chi connectivity index (χ3v) is 6.28. The number of likely N-dealkylation sites (tertiary alicyclic amines) is 2. The number of rotatable bonds is 6. The van der Waals surface area contributed by atoms with Crippen LogP contribution in [0.2, 0.25) is 0 Å². The number of piperidine rings is 1. The highest BCUT2D eigenvalue weighted by Gasteiger charge is 2.59. The van der Waals surface area contributed by atoms with E-state index < -0.39 is 5.41 Å². The van der Waals surface area contributed by atoms with E-state index >= 15 is 0 Å². The summed E-state index contributed by atoms with van der Waals surface area (Å²) in [5.41, 5.74) is 0.425. The molecular formula is C21H31N3O2. The maximum Gasteiger partial charge on any atom is 0.237 e. The average molecular weight is 357 g/mol. The Bertz CT molecular complexity index is 634. The van der Waals surface area contributed by atoms with Crippen molar-refractivity contribution in [1.82, 2.24) is 14.7 Å². The van der Waals surface area contributed by atoms with Crippen LogP contribution in [-0.4, -0.2) is 72.8 Å². The molecule has 1 atom stereocenters. The summed E-state index contributed by atoms with van der Waals surface area (Å²) >= 11 is 0. The fraction of sp³-hybridized carbons (Fsp3) is 0.619. The molecular weight excluding hydrogens is 326 g/mol. The van der Waals surface area contributed by atoms with E-state index in [1.165, 1.54) is 0 Å². The third-order valence-electron chi connectivity index (χ3n) is 6.28. The highest BCUT2D eigenvalue weighted by molar-refractivity contribution is 6.10. The fourth-order valence-corrected chi connectivity index (χ4v) is 4.50. The second-order valence-corrected chi connectivity index (χ2v) is 7.63. The first-order valence-corrected chi connectivity index (χ1v) is 9.85. The van der Waals surface area contributed by atoms with Crippen molar-refractivity contribution in [2.24, 2.45) is 5.41 Å². The summed E-state index contributed by atoms with van der Waals surface area (Å²) in [5, 5.41) is 0. The molecule has 3 rings (SSSR count). The number of imide groups is 1. The molecule has 2 fully saturated rings. The zero-order valence-corrected chi connectivity index (χ0v) is 16.3. The standard InChI is InChI=1S/C21H31N3O2/c1-4-23(5-2)15-16-24-19(25)18(17-9-7-6-8-10-17)21(20(24)26)11-13-22(3)14-12-21/h6-10,18H,4-5,11-16H2,1-3H3. The second kappa shape index (κ2) is 7.89. The van der Waals surface area contributed by atoms with E-state index in [9.17, 15) is 9.59 Å². The van der Waals surface area contributed by atoms with E-state index in [4.69, 9.17) is 0 Å². The Morgan fingerprint density at radius 1 is 1.08 bits per heavy atom. The predicted octanol–water partition coefficient (Wildman–Crippen LogP) is 2.19. The number of likely N-dealkylation sites (N-methyl/N-ethyl adjacent to an activating group) is 1. The lowest BCUT2D eigenvalue weighted by Crippen LogP contribution is -2.46. The largest absolute Gasteiger partial charge is 0.306 e. The number of benzene rings is 1. The molecule has 1 aromatic carbocycles. The van der Waals surface area contributed by atoms with E-state index in [2.05, 4.69) is 30.7 Å². The minimum Gasteiger partial charge on any atom is -0.306 e. The van der Waals surface area contributed by atoms with Crippen molar-refractivity contribution < 1.29 is 9.59 Å². The second-order valence-electron chi connectivity index (χ2n) is 7.63. The van der Waals surface area contributed by atoms with Gasteiger partial charge in [0.2, 0.25) is 11.8 Å². The maximum absolute atomic E-state index is 13.4. The van der Waals surface area contributed by atoms with Crippen molar-refractivity contribution in [2.45, 2.75) is 32.6 Å². The Hall–Kier alpha value is -1.72. The summed E-state index contributed by atoms with van der Waals surface area (Å²) in [6, 6.07) is 9.90. The van der Waals surface area contributed by atoms with Crippen molar-refractivity contribution in [2.75, 3.05) is 46.3 Å². The molecule has 0 saturated carbocycles. The van der Waals surface area contributed by atoms with E-state index in [0.717, 1.165) is 51.1 Å². The summed E-state index contributed by atoms with van der Waals surface area (Å²) in [7, 11) is 2.09. The first-order chi connectivity index (χ1) is 12.5. The highest BCUT2D eigenvalue weighted by atomic mass is 16.2. The topological polar surface area (TPSA) is 43.9 Å². The summed E-state index contributed by atoms with van der Waals surface area (Å²) in [4.78, 5) is 32.8. The van der Waals surface area contributed by atoms with Crippen LogP contribution in [0.4, 0.5) is 0 Å². The van der Waals surface area contributed by atoms with Gasteiger partial charge in [-0.1, -0.05) is 44.2 Å². The van der Waals surface area contributed by atoms with Crippen LogP contribution in [0, 0.1) is 5.41 Å². The Labute approximate surface area is 156 Å². The van der Waals surface area contributed by atoms with Crippen molar-refractivity contribution in [3.8, 4) is 0 Å². The molecule has 0 aliphatic carbocycles. The quantitative estimate of drug-likeness (QED) is 0.732. The van der Waals surface area contributed by atoms with Gasteiger partial charge in [-0.25, -0.2) is 0 Å². The number of hydrogen-bond acceptors (Lipinski definition) is 4. The summed E-state index contributed by atoms with van der Waals surface area (Å²) in [5.74, 6) is -0.281. The molecule has 142 valence electrons. The monoisotopic (exact) mass is 357 g/mol. The third kappa shape index (κ3) is 3.30. The minimum atomic E-state index is -0.561. The van der Waals surface area contributed by atoms with Crippen LogP contribution < -0.4 is 0 Å². The van der Waals surface area contributed by atoms with Crippen LogP contribution in [0.15, 0.2) is 30.3 Å². The van der Waals surface area contributed by atoms with Gasteiger partial charge in [0, 0.05) is 13.1 Å². The molecule has 1 aromatic rings. The normalized spacial score (nSPS) is 23.4. The number of carbonyl (C=O) groups excluding carboxylic acids is 2. The van der Waals surface area contributed by atoms with Crippen LogP contribution in [0.5, 0.6) is 0 Å². The molecule has 0 aromatic heterocycles. The van der Waals surface area contributed by atoms with Gasteiger partial charge in [-0.2, -0.15) is 0 Å². The number of carbonyl (C=O) groups is 2. The van der Waals surface area contributed by atoms with Gasteiger partial charge >= 0.3 is 0 Å². The molecule has 1 unspecified atom stereocenters. The van der Waals surface area contributed by atoms with Crippen LogP contribution in [0.1, 0.15) is 38.2 Å². The minimum absolute atomic E-state index is 0.00194. The number of nitrogens with zero attached hydrogens (tertiary/aromatic N) is 3. The Kier molecular flexibility index (Phi) is 5.78. The lowest BCUT2D eigenvalue weighted by molar-refractivity contribution is -0.142. The van der Waals surface area contributed by atoms with Crippen molar-refractivity contribution in [3.05, 3.63) is 35.9 Å². The summed E-state index contributed by atoms with van der Waals surface area (Å²) in [6.07, 6.45) is 1.52. The molecule has 0 bridgehead atoms. The van der Waals surface area contributed by atoms with Crippen LogP contribution in [-0.2, 0) is 9.59 Å². The summed E-state index contributed by atoms with van der Waals surface area (Å²) < 4.78 is 0. The maximum atomic E-state index is 13.4. The number of hydrogen-bond donors (Lipinski definition) is 0. The van der Waals surface area contributed by atoms with Gasteiger partial charge in [-0.15, -0.1) is 0 Å². The van der Waals surface area contributed by atoms with E-state index in [0.29, 0.717) is 6.54 Å². The first-order valence-electron chi connectivity index (χ1n) is 9.85. The van der Waals surface area contributed by atoms with Crippen LogP contribution in [0.3, 0.4) is 0 Å². The molecule has 5 heteroatoms. The van der Waals surface area contributed by atoms with Crippen molar-refractivity contribution >= 4 is 11.8 Å². The van der Waals surface area contributed by atoms with Crippen molar-refractivity contribution in [1.29, 1.82) is 0 Å². The molecule has 26 heavy (non-hydrogen) atoms. The van der Waals surface area contributed by atoms with Crippen LogP contribution >= 0.6 is 0 Å². The zero-order valence-electron chi connectivity index (χ0n) is 16.3. The van der Waals surface area contributed by atoms with Gasteiger partial charge in [0.05, 0.1) is 11.3 Å². The first kappa shape index (κ1) is 19.1. The van der Waals surface area contributed by atoms with Gasteiger partial charge in [0.1, 0.15) is 0 Å². The molecule has 0 N–H and O–H groups in total. The summed E-state index contributed by atoms with van der Waals surface area (Å²) in [6.45, 7) is 9.08. The highest BCUT2D eigenvalue weighted by Crippen LogP contribution is 2.51. The zero-order chi connectivity index (χ0) is 18.7. The van der Waals surface area contributed by atoms with Gasteiger partial charge in [-0.05, 0) is 51.6 Å². The molecule has 5 nitrogen and oxygen atoms in total. The van der Waals surface area contributed by atoms with Gasteiger partial charge in [0.15, 0.2) is 0 Å². The Balaban J connectivity index is 1.90. The van der Waals surface area contributed by atoms with Gasteiger partial charge in [-0.3, -0.25) is 14.5 Å². The molecule has 2 aliphatic heterocycles. The molecule has 1 spiro atoms. The smallest absolute Gasteiger partial charge is 0.237 e. The van der Waals surface area contributed by atoms with Crippen molar-refractivity contribution in [3.63, 3.8) is 0 Å². The van der Waals surface area contributed by atoms with E-state index in [1.807, 2.05) is 30.3 Å². The van der Waals surface area contributed by atoms with E-state index in [-0.39, 0.29) is 17.7 Å². The predicted molar refractivity (Wildman–Crippen MR) is 103 cm³/mol. The Morgan fingerprint density at radius 3 is 2.27 bits per heavy atom. The molecule has 2 aliphatic rings. The number of amides is 2. The average Bonchev–Trinajstić information content (AvgIpc) is 2.86. The van der Waals surface area contributed by atoms with Gasteiger partial charge in [0.25, 0.3) is 0 Å². The van der Waals surface area contributed by atoms with Gasteiger partial charge < -0.3 is 9.80 Å². The van der Waals surface area contributed by atoms with Crippen LogP contribution in [0.25, 0.3) is 0 Å². The molecule has 2 saturated heterocycles. The lowest BCUT2D eigenvalue weighted by atomic mass is 9.67. The SMILES string of the molecule is CCN(CC)CCN1C(=O)C(c2ccccc2)C2(CCN(C)CC2)C1=O. The van der Waals surface area contributed by atoms with E-state index in [1.54, 1.807) is 4.90 Å². The Morgan fingerprint density at radius 2 is 1.69 bits per heavy atom. The lowest BCUT2D eigenvalue weighted by Gasteiger charge is -2.39. The molecule has 2 amide bonds.